The van der Waals surface area contributed by atoms with Gasteiger partial charge in [-0.2, -0.15) is 0 Å². The van der Waals surface area contributed by atoms with Gasteiger partial charge in [-0.1, -0.05) is 115 Å². The number of benzene rings is 2. The summed E-state index contributed by atoms with van der Waals surface area (Å²) in [6, 6.07) is 17.4. The van der Waals surface area contributed by atoms with Crippen LogP contribution in [0, 0.1) is 70.0 Å². The summed E-state index contributed by atoms with van der Waals surface area (Å²) in [5, 5.41) is 26.0. The average Bonchev–Trinajstić information content (AvgIpc) is 3.70. The number of fused-ring (bicyclic) bond motifs is 10. The smallest absolute Gasteiger partial charge is 0.155 e. The van der Waals surface area contributed by atoms with Crippen molar-refractivity contribution in [3.05, 3.63) is 108 Å². The Morgan fingerprint density at radius 1 is 0.478 bits per heavy atom. The molecule has 10 rings (SSSR count). The van der Waals surface area contributed by atoms with Crippen LogP contribution in [0.4, 0.5) is 0 Å². The summed E-state index contributed by atoms with van der Waals surface area (Å²) in [6.07, 6.45) is 22.8. The average molecular weight is 973 g/mol. The van der Waals surface area contributed by atoms with Crippen molar-refractivity contribution in [2.45, 2.75) is 169 Å². The Kier molecular flexibility index (Phi) is 16.8. The van der Waals surface area contributed by atoms with Crippen LogP contribution in [0.3, 0.4) is 0 Å². The summed E-state index contributed by atoms with van der Waals surface area (Å²) in [5.41, 5.74) is 2.95. The topological polar surface area (TPSA) is 149 Å². The molecule has 8 nitrogen and oxygen atoms in total. The van der Waals surface area contributed by atoms with Gasteiger partial charge in [0.1, 0.15) is 0 Å². The van der Waals surface area contributed by atoms with Gasteiger partial charge in [0.25, 0.3) is 0 Å². The number of carbonyl (C=O) groups is 6. The fourth-order valence-corrected chi connectivity index (χ4v) is 15.3. The fraction of sp³-hybridized carbons (Fsp3) is 0.600. The molecule has 8 aliphatic rings. The first-order valence-electron chi connectivity index (χ1n) is 25.7. The van der Waals surface area contributed by atoms with E-state index in [9.17, 15) is 39.0 Å². The maximum atomic E-state index is 13.0. The summed E-state index contributed by atoms with van der Waals surface area (Å²) in [6.45, 7) is 16.0. The molecule has 2 aromatic rings. The minimum Gasteiger partial charge on any atom is -0.849 e. The largest absolute Gasteiger partial charge is 0.849 e. The van der Waals surface area contributed by atoms with Crippen LogP contribution in [0.5, 0.6) is 0 Å². The molecule has 372 valence electrons. The summed E-state index contributed by atoms with van der Waals surface area (Å²) in [4.78, 5) is 67.1. The summed E-state index contributed by atoms with van der Waals surface area (Å²) < 4.78 is 0. The van der Waals surface area contributed by atoms with Crippen molar-refractivity contribution >= 4 is 34.7 Å². The third-order valence-corrected chi connectivity index (χ3v) is 19.8. The van der Waals surface area contributed by atoms with Crippen LogP contribution in [0.1, 0.15) is 179 Å². The predicted molar refractivity (Wildman–Crippen MR) is 262 cm³/mol. The maximum absolute atomic E-state index is 13.0. The third-order valence-electron chi connectivity index (χ3n) is 19.8. The van der Waals surface area contributed by atoms with Crippen molar-refractivity contribution < 1.29 is 60.7 Å². The van der Waals surface area contributed by atoms with Crippen LogP contribution in [0.15, 0.2) is 84.0 Å². The molecule has 9 heteroatoms. The van der Waals surface area contributed by atoms with Crippen LogP contribution in [-0.2, 0) is 40.9 Å². The van der Waals surface area contributed by atoms with E-state index >= 15 is 0 Å². The molecule has 0 bridgehead atoms. The number of allylic oxidation sites excluding steroid dienone is 2. The third kappa shape index (κ3) is 10.8. The number of hydrogen-bond donors (Lipinski definition) is 0. The molecule has 0 N–H and O–H groups in total. The molecule has 6 fully saturated rings. The predicted octanol–water partition coefficient (Wildman–Crippen LogP) is 10.6. The van der Waals surface area contributed by atoms with Crippen LogP contribution in [-0.4, -0.2) is 45.9 Å². The van der Waals surface area contributed by atoms with Crippen molar-refractivity contribution in [1.82, 2.24) is 0 Å². The van der Waals surface area contributed by atoms with Crippen LogP contribution >= 0.6 is 0 Å². The van der Waals surface area contributed by atoms with E-state index in [1.54, 1.807) is 48.5 Å². The van der Waals surface area contributed by atoms with Crippen LogP contribution < -0.4 is 10.2 Å². The van der Waals surface area contributed by atoms with Gasteiger partial charge in [0.2, 0.25) is 0 Å². The molecular weight excluding hydrogens is 897 g/mol. The Labute approximate surface area is 427 Å². The van der Waals surface area contributed by atoms with Gasteiger partial charge in [-0.25, -0.2) is 0 Å². The van der Waals surface area contributed by atoms with E-state index in [4.69, 9.17) is 0 Å². The molecule has 0 amide bonds. The number of rotatable bonds is 6. The molecule has 6 saturated carbocycles. The van der Waals surface area contributed by atoms with E-state index in [2.05, 4.69) is 27.7 Å². The summed E-state index contributed by atoms with van der Waals surface area (Å²) in [7, 11) is 0. The van der Waals surface area contributed by atoms with Gasteiger partial charge in [-0.05, 0) is 147 Å². The molecule has 0 radical (unpaired) electrons. The van der Waals surface area contributed by atoms with Gasteiger partial charge < -0.3 is 29.4 Å². The molecule has 69 heavy (non-hydrogen) atoms. The van der Waals surface area contributed by atoms with Crippen LogP contribution in [0.2, 0.25) is 0 Å². The zero-order valence-corrected chi connectivity index (χ0v) is 44.2. The fourth-order valence-electron chi connectivity index (χ4n) is 15.3. The normalized spacial score (nSPS) is 37.8. The maximum Gasteiger partial charge on any atom is 0.155 e. The van der Waals surface area contributed by atoms with E-state index in [1.807, 2.05) is 38.1 Å². The molecule has 0 spiro atoms. The van der Waals surface area contributed by atoms with E-state index in [0.29, 0.717) is 58.2 Å². The first-order chi connectivity index (χ1) is 32.0. The van der Waals surface area contributed by atoms with E-state index in [1.165, 1.54) is 50.7 Å². The second-order valence-corrected chi connectivity index (χ2v) is 23.4. The molecule has 0 aromatic heterocycles. The Hall–Kier alpha value is -3.69. The SMILES string of the molecule is CC(=O)[CH-]C(=O)c1ccccc1.CC(=O)[CH-]C(=O)c1ccccc1.C[C@]12CCC(=O)C=C1CC[C@@H]1C2CC[C@@]2(C)C1CC[C@]2(C)[O-].C[C@]12CCC(=O)C=C1CC[C@@H]1C2CC[C@@]2(C)C1CC[C@]2(C)[O-].[Ti]. The minimum absolute atomic E-state index is 0. The minimum atomic E-state index is -0.734. The second kappa shape index (κ2) is 21.2. The summed E-state index contributed by atoms with van der Waals surface area (Å²) >= 11 is 0. The number of hydrogen-bond acceptors (Lipinski definition) is 8. The van der Waals surface area contributed by atoms with Crippen molar-refractivity contribution in [3.63, 3.8) is 0 Å². The Morgan fingerprint density at radius 2 is 0.812 bits per heavy atom. The first kappa shape index (κ1) is 54.6. The number of ketones is 6. The molecule has 2 aromatic carbocycles. The molecule has 0 aliphatic heterocycles. The van der Waals surface area contributed by atoms with E-state index < -0.39 is 11.2 Å². The van der Waals surface area contributed by atoms with Gasteiger partial charge in [0, 0.05) is 46.1 Å². The molecule has 4 unspecified atom stereocenters. The standard InChI is InChI=1S/2C20H29O2.2C10H9O2.Ti/c2*1-18-9-6-14(21)12-13(18)4-5-15-16(18)7-10-19(2)17(15)8-11-20(19,3)22;2*1-8(11)7-10(12)9-5-3-2-4-6-9;/h2*12,15-17H,4-11H2,1-3H3;2*2-7H,1H3;/q4*-1;/t2*15-,16?,17?,18+,19+,20+;;;/m11.../s1. The van der Waals surface area contributed by atoms with Gasteiger partial charge in [0.05, 0.1) is 11.6 Å². The van der Waals surface area contributed by atoms with Gasteiger partial charge in [0.15, 0.2) is 11.6 Å². The zero-order valence-electron chi connectivity index (χ0n) is 42.6. The molecule has 0 heterocycles. The van der Waals surface area contributed by atoms with Gasteiger partial charge in [-0.3, -0.25) is 9.59 Å². The second-order valence-electron chi connectivity index (χ2n) is 23.4. The monoisotopic (exact) mass is 973 g/mol. The van der Waals surface area contributed by atoms with Crippen molar-refractivity contribution in [1.29, 1.82) is 0 Å². The summed E-state index contributed by atoms with van der Waals surface area (Å²) in [5.74, 6) is 3.82. The molecule has 12 atom stereocenters. The Morgan fingerprint density at radius 3 is 1.14 bits per heavy atom. The molecular formula is C60H76O8Ti-4. The van der Waals surface area contributed by atoms with E-state index in [0.717, 1.165) is 89.9 Å². The number of carbonyl (C=O) groups excluding carboxylic acids is 6. The van der Waals surface area contributed by atoms with Gasteiger partial charge >= 0.3 is 0 Å². The molecule has 0 saturated heterocycles. The van der Waals surface area contributed by atoms with Crippen LogP contribution in [0.25, 0.3) is 0 Å². The molecule has 8 aliphatic carbocycles. The quantitative estimate of drug-likeness (QED) is 0.120. The van der Waals surface area contributed by atoms with Crippen molar-refractivity contribution in [2.24, 2.45) is 57.2 Å². The zero-order chi connectivity index (χ0) is 49.5. The van der Waals surface area contributed by atoms with E-state index in [-0.39, 0.29) is 66.5 Å². The first-order valence-corrected chi connectivity index (χ1v) is 25.7. The Bertz CT molecular complexity index is 2150. The van der Waals surface area contributed by atoms with Crippen molar-refractivity contribution in [2.75, 3.05) is 0 Å². The van der Waals surface area contributed by atoms with Crippen molar-refractivity contribution in [3.8, 4) is 0 Å². The number of Topliss-reactive ketones (excluding diaryl/α,β-unsaturated/α-hetero) is 4. The Balaban J connectivity index is 0.000000157. The van der Waals surface area contributed by atoms with Gasteiger partial charge in [-0.15, -0.1) is 59.4 Å².